The Bertz CT molecular complexity index is 1120. The van der Waals surface area contributed by atoms with Gasteiger partial charge in [-0.3, -0.25) is 9.35 Å². The molecule has 0 spiro atoms. The van der Waals surface area contributed by atoms with Crippen molar-refractivity contribution in [3.05, 3.63) is 82.2 Å². The van der Waals surface area contributed by atoms with Gasteiger partial charge in [-0.1, -0.05) is 36.4 Å². The molecule has 1 saturated heterocycles. The highest BCUT2D eigenvalue weighted by molar-refractivity contribution is 7.90. The number of benzene rings is 1. The van der Waals surface area contributed by atoms with E-state index in [1.54, 1.807) is 23.1 Å². The Morgan fingerprint density at radius 3 is 2.76 bits per heavy atom. The van der Waals surface area contributed by atoms with Crippen molar-refractivity contribution >= 4 is 16.0 Å². The van der Waals surface area contributed by atoms with Gasteiger partial charge in [0.05, 0.1) is 17.3 Å². The number of hydrogen-bond donors (Lipinski definition) is 3. The van der Waals surface area contributed by atoms with Crippen molar-refractivity contribution in [3.8, 4) is 0 Å². The Morgan fingerprint density at radius 2 is 2.00 bits per heavy atom. The van der Waals surface area contributed by atoms with Crippen LogP contribution < -0.4 is 10.6 Å². The molecule has 1 aromatic carbocycles. The lowest BCUT2D eigenvalue weighted by Gasteiger charge is -2.33. The van der Waals surface area contributed by atoms with Gasteiger partial charge in [-0.2, -0.15) is 8.42 Å². The molecule has 3 heterocycles. The van der Waals surface area contributed by atoms with E-state index in [1.807, 2.05) is 24.3 Å². The molecule has 4 rings (SSSR count). The first-order valence-corrected chi connectivity index (χ1v) is 12.6. The molecule has 0 radical (unpaired) electrons. The largest absolute Gasteiger partial charge is 0.369 e. The molecule has 3 aliphatic heterocycles. The van der Waals surface area contributed by atoms with E-state index in [2.05, 4.69) is 34.7 Å². The summed E-state index contributed by atoms with van der Waals surface area (Å²) in [6, 6.07) is 10.2. The highest BCUT2D eigenvalue weighted by Gasteiger charge is 2.41. The number of carbonyl (C=O) groups is 1. The molecular formula is C24H30N4O4S. The summed E-state index contributed by atoms with van der Waals surface area (Å²) in [6.45, 7) is 2.75. The molecule has 1 aromatic rings. The fourth-order valence-corrected chi connectivity index (χ4v) is 5.32. The molecule has 1 fully saturated rings. The molecule has 0 bridgehead atoms. The summed E-state index contributed by atoms with van der Waals surface area (Å²) in [5.74, 6) is 0.266. The zero-order valence-electron chi connectivity index (χ0n) is 18.7. The smallest absolute Gasteiger partial charge is 0.297 e. The van der Waals surface area contributed by atoms with E-state index in [0.29, 0.717) is 18.8 Å². The van der Waals surface area contributed by atoms with E-state index in [1.165, 1.54) is 5.56 Å². The van der Waals surface area contributed by atoms with Gasteiger partial charge in [0.2, 0.25) is 0 Å². The number of allylic oxidation sites excluding steroid dienone is 3. The lowest BCUT2D eigenvalue weighted by atomic mass is 10.0. The molecule has 1 amide bonds. The summed E-state index contributed by atoms with van der Waals surface area (Å²) in [5, 5.41) is 6.02. The van der Waals surface area contributed by atoms with E-state index in [9.17, 15) is 17.8 Å². The van der Waals surface area contributed by atoms with Crippen LogP contribution in [-0.4, -0.2) is 67.9 Å². The lowest BCUT2D eigenvalue weighted by Crippen LogP contribution is -2.38. The van der Waals surface area contributed by atoms with Crippen molar-refractivity contribution in [2.45, 2.75) is 25.3 Å². The maximum Gasteiger partial charge on any atom is 0.297 e. The van der Waals surface area contributed by atoms with Crippen LogP contribution in [0.25, 0.3) is 0 Å². The second-order valence-corrected chi connectivity index (χ2v) is 9.86. The Labute approximate surface area is 195 Å². The van der Waals surface area contributed by atoms with Crippen molar-refractivity contribution in [2.75, 3.05) is 33.2 Å². The van der Waals surface area contributed by atoms with Crippen LogP contribution in [0.3, 0.4) is 0 Å². The van der Waals surface area contributed by atoms with E-state index in [4.69, 9.17) is 0 Å². The quantitative estimate of drug-likeness (QED) is 0.354. The third-order valence-corrected chi connectivity index (χ3v) is 6.99. The topological polar surface area (TPSA) is 102 Å². The minimum absolute atomic E-state index is 0.000402. The SMILES string of the molecule is CN(CCCNC(=O)C1=CC2CNC3=CC=CC(=C1S(=O)(=O)O)N32)CCCc1ccccc1. The maximum atomic E-state index is 12.9. The summed E-state index contributed by atoms with van der Waals surface area (Å²) in [4.78, 5) is 16.6. The minimum atomic E-state index is -4.59. The Balaban J connectivity index is 1.30. The minimum Gasteiger partial charge on any atom is -0.369 e. The molecule has 9 heteroatoms. The van der Waals surface area contributed by atoms with Crippen molar-refractivity contribution in [3.63, 3.8) is 0 Å². The zero-order chi connectivity index (χ0) is 23.4. The number of amides is 1. The number of hydrogen-bond acceptors (Lipinski definition) is 6. The predicted molar refractivity (Wildman–Crippen MR) is 127 cm³/mol. The summed E-state index contributed by atoms with van der Waals surface area (Å²) in [6.07, 6.45) is 9.59. The molecule has 0 saturated carbocycles. The first-order chi connectivity index (χ1) is 15.8. The Kier molecular flexibility index (Phi) is 7.02. The Hall–Kier alpha value is -2.88. The maximum absolute atomic E-state index is 12.9. The molecule has 3 aliphatic rings. The number of rotatable bonds is 10. The number of carbonyl (C=O) groups excluding carboxylic acids is 1. The van der Waals surface area contributed by atoms with E-state index >= 15 is 0 Å². The normalized spacial score (nSPS) is 19.2. The van der Waals surface area contributed by atoms with E-state index < -0.39 is 16.0 Å². The molecule has 176 valence electrons. The fraction of sp³-hybridized carbons (Fsp3) is 0.375. The van der Waals surface area contributed by atoms with Gasteiger partial charge in [-0.05, 0) is 63.2 Å². The summed E-state index contributed by atoms with van der Waals surface area (Å²) in [7, 11) is -2.54. The third kappa shape index (κ3) is 5.38. The predicted octanol–water partition coefficient (Wildman–Crippen LogP) is 1.78. The second-order valence-electron chi connectivity index (χ2n) is 8.50. The fourth-order valence-electron chi connectivity index (χ4n) is 4.45. The van der Waals surface area contributed by atoms with Gasteiger partial charge in [-0.15, -0.1) is 0 Å². The molecule has 33 heavy (non-hydrogen) atoms. The first-order valence-electron chi connectivity index (χ1n) is 11.2. The van der Waals surface area contributed by atoms with Crippen molar-refractivity contribution in [2.24, 2.45) is 0 Å². The highest BCUT2D eigenvalue weighted by Crippen LogP contribution is 2.37. The third-order valence-electron chi connectivity index (χ3n) is 6.04. The van der Waals surface area contributed by atoms with Gasteiger partial charge in [0, 0.05) is 13.1 Å². The zero-order valence-corrected chi connectivity index (χ0v) is 19.5. The van der Waals surface area contributed by atoms with Crippen LogP contribution in [0.15, 0.2) is 76.6 Å². The molecule has 1 unspecified atom stereocenters. The van der Waals surface area contributed by atoms with Crippen LogP contribution in [0.1, 0.15) is 18.4 Å². The highest BCUT2D eigenvalue weighted by atomic mass is 32.2. The average molecular weight is 471 g/mol. The van der Waals surface area contributed by atoms with Crippen molar-refractivity contribution < 1.29 is 17.8 Å². The van der Waals surface area contributed by atoms with E-state index in [-0.39, 0.29) is 16.5 Å². The van der Waals surface area contributed by atoms with Crippen LogP contribution in [0.2, 0.25) is 0 Å². The average Bonchev–Trinajstić information content (AvgIpc) is 3.21. The molecular weight excluding hydrogens is 440 g/mol. The second kappa shape index (κ2) is 9.94. The van der Waals surface area contributed by atoms with Crippen molar-refractivity contribution in [1.82, 2.24) is 20.4 Å². The van der Waals surface area contributed by atoms with Crippen LogP contribution >= 0.6 is 0 Å². The van der Waals surface area contributed by atoms with Gasteiger partial charge >= 0.3 is 0 Å². The van der Waals surface area contributed by atoms with Crippen LogP contribution in [0, 0.1) is 0 Å². The summed E-state index contributed by atoms with van der Waals surface area (Å²) >= 11 is 0. The van der Waals surface area contributed by atoms with Crippen LogP contribution in [0.5, 0.6) is 0 Å². The van der Waals surface area contributed by atoms with Crippen LogP contribution in [0.4, 0.5) is 0 Å². The summed E-state index contributed by atoms with van der Waals surface area (Å²) in [5.41, 5.74) is 1.64. The lowest BCUT2D eigenvalue weighted by molar-refractivity contribution is -0.117. The van der Waals surface area contributed by atoms with Gasteiger partial charge in [-0.25, -0.2) is 0 Å². The number of nitrogens with zero attached hydrogens (tertiary/aromatic N) is 2. The van der Waals surface area contributed by atoms with Crippen LogP contribution in [-0.2, 0) is 21.3 Å². The molecule has 0 aliphatic carbocycles. The number of aryl methyl sites for hydroxylation is 1. The summed E-state index contributed by atoms with van der Waals surface area (Å²) < 4.78 is 34.3. The molecule has 3 N–H and O–H groups in total. The standard InChI is InChI=1S/C24H30N4O4S/c1-27(14-6-10-18-8-3-2-4-9-18)15-7-13-25-24(29)20-16-19-17-26-22-12-5-11-21(28(19)22)23(20)33(30,31)32/h2-5,8-9,11-12,16,19,26H,6-7,10,13-15,17H2,1H3,(H,25,29)(H,30,31,32). The van der Waals surface area contributed by atoms with Gasteiger partial charge in [0.1, 0.15) is 10.7 Å². The van der Waals surface area contributed by atoms with E-state index in [0.717, 1.165) is 38.2 Å². The molecule has 0 aromatic heterocycles. The van der Waals surface area contributed by atoms with Gasteiger partial charge in [0.15, 0.2) is 0 Å². The first kappa shape index (κ1) is 23.3. The monoisotopic (exact) mass is 470 g/mol. The van der Waals surface area contributed by atoms with Crippen molar-refractivity contribution in [1.29, 1.82) is 0 Å². The van der Waals surface area contributed by atoms with Gasteiger partial charge in [0.25, 0.3) is 16.0 Å². The Morgan fingerprint density at radius 1 is 1.24 bits per heavy atom. The molecule has 1 atom stereocenters. The van der Waals surface area contributed by atoms with Gasteiger partial charge < -0.3 is 20.4 Å². The molecule has 8 nitrogen and oxygen atoms in total. The number of nitrogens with one attached hydrogen (secondary N) is 2.